The second-order valence-electron chi connectivity index (χ2n) is 6.54. The normalized spacial score (nSPS) is 23.5. The second-order valence-corrected chi connectivity index (χ2v) is 8.77. The number of hydrogen-bond acceptors (Lipinski definition) is 4. The third kappa shape index (κ3) is 3.17. The van der Waals surface area contributed by atoms with Crippen molar-refractivity contribution in [1.29, 1.82) is 0 Å². The molecule has 130 valence electrons. The van der Waals surface area contributed by atoms with Crippen LogP contribution in [0.4, 0.5) is 5.69 Å². The number of hydrogen-bond donors (Lipinski definition) is 1. The van der Waals surface area contributed by atoms with Crippen molar-refractivity contribution < 1.29 is 18.0 Å². The molecule has 1 saturated carbocycles. The molecule has 2 aliphatic rings. The highest BCUT2D eigenvalue weighted by Crippen LogP contribution is 2.48. The van der Waals surface area contributed by atoms with Gasteiger partial charge in [-0.15, -0.1) is 0 Å². The number of para-hydroxylation sites is 1. The van der Waals surface area contributed by atoms with Gasteiger partial charge in [0.25, 0.3) is 0 Å². The highest BCUT2D eigenvalue weighted by atomic mass is 32.2. The first-order chi connectivity index (χ1) is 11.4. The number of sulfone groups is 1. The third-order valence-electron chi connectivity index (χ3n) is 4.79. The Kier molecular flexibility index (Phi) is 4.38. The summed E-state index contributed by atoms with van der Waals surface area (Å²) >= 11 is 0. The van der Waals surface area contributed by atoms with Crippen LogP contribution in [0.3, 0.4) is 0 Å². The van der Waals surface area contributed by atoms with Crippen LogP contribution in [0.1, 0.15) is 26.2 Å². The molecule has 1 aliphatic heterocycles. The van der Waals surface area contributed by atoms with Crippen molar-refractivity contribution >= 4 is 27.3 Å². The molecule has 24 heavy (non-hydrogen) atoms. The summed E-state index contributed by atoms with van der Waals surface area (Å²) in [7, 11) is -3.06. The van der Waals surface area contributed by atoms with Crippen LogP contribution in [0.25, 0.3) is 0 Å². The van der Waals surface area contributed by atoms with Gasteiger partial charge in [0.15, 0.2) is 9.84 Å². The van der Waals surface area contributed by atoms with Crippen molar-refractivity contribution in [3.8, 4) is 0 Å². The van der Waals surface area contributed by atoms with E-state index in [1.54, 1.807) is 4.90 Å². The lowest BCUT2D eigenvalue weighted by molar-refractivity contribution is -0.136. The molecule has 1 aliphatic carbocycles. The fourth-order valence-electron chi connectivity index (χ4n) is 3.21. The smallest absolute Gasteiger partial charge is 0.242 e. The van der Waals surface area contributed by atoms with Gasteiger partial charge in [-0.3, -0.25) is 9.59 Å². The number of carbonyl (C=O) groups is 2. The van der Waals surface area contributed by atoms with E-state index in [0.29, 0.717) is 25.8 Å². The van der Waals surface area contributed by atoms with Gasteiger partial charge < -0.3 is 10.2 Å². The van der Waals surface area contributed by atoms with Crippen LogP contribution in [0.15, 0.2) is 30.3 Å². The van der Waals surface area contributed by atoms with E-state index in [9.17, 15) is 18.0 Å². The molecule has 0 spiro atoms. The molecule has 3 rings (SSSR count). The van der Waals surface area contributed by atoms with E-state index in [4.69, 9.17) is 0 Å². The molecule has 0 radical (unpaired) electrons. The molecule has 1 unspecified atom stereocenters. The first-order valence-electron chi connectivity index (χ1n) is 8.26. The van der Waals surface area contributed by atoms with Crippen molar-refractivity contribution in [2.24, 2.45) is 5.41 Å². The highest BCUT2D eigenvalue weighted by molar-refractivity contribution is 7.91. The van der Waals surface area contributed by atoms with Gasteiger partial charge in [-0.2, -0.15) is 0 Å². The molecule has 2 fully saturated rings. The zero-order valence-corrected chi connectivity index (χ0v) is 14.5. The molecular weight excluding hydrogens is 328 g/mol. The number of carbonyl (C=O) groups excluding carboxylic acids is 2. The first-order valence-corrected chi connectivity index (χ1v) is 10.1. The first kappa shape index (κ1) is 17.0. The Hall–Kier alpha value is -1.89. The Balaban J connectivity index is 1.73. The van der Waals surface area contributed by atoms with E-state index in [0.717, 1.165) is 5.69 Å². The predicted molar refractivity (Wildman–Crippen MR) is 91.3 cm³/mol. The molecule has 1 aromatic rings. The second kappa shape index (κ2) is 6.20. The number of nitrogens with one attached hydrogen (secondary N) is 1. The lowest BCUT2D eigenvalue weighted by Crippen LogP contribution is -2.48. The van der Waals surface area contributed by atoms with Crippen LogP contribution < -0.4 is 10.2 Å². The van der Waals surface area contributed by atoms with Crippen molar-refractivity contribution in [3.63, 3.8) is 0 Å². The van der Waals surface area contributed by atoms with Crippen molar-refractivity contribution in [2.45, 2.75) is 32.2 Å². The highest BCUT2D eigenvalue weighted by Gasteiger charge is 2.58. The van der Waals surface area contributed by atoms with Gasteiger partial charge in [0.2, 0.25) is 11.8 Å². The topological polar surface area (TPSA) is 83.6 Å². The number of amides is 2. The van der Waals surface area contributed by atoms with Crippen molar-refractivity contribution in [2.75, 3.05) is 23.0 Å². The summed E-state index contributed by atoms with van der Waals surface area (Å²) in [6.45, 7) is 2.36. The largest absolute Gasteiger partial charge is 0.351 e. The van der Waals surface area contributed by atoms with E-state index in [1.165, 1.54) is 0 Å². The maximum atomic E-state index is 12.9. The molecule has 0 aromatic heterocycles. The standard InChI is InChI=1S/C17H22N2O4S/c1-2-19(14-6-4-3-5-7-14)16(21)17(9-10-17)15(20)18-13-8-11-24(22,23)12-13/h3-7,13H,2,8-12H2,1H3,(H,18,20). The maximum Gasteiger partial charge on any atom is 0.242 e. The van der Waals surface area contributed by atoms with Gasteiger partial charge in [-0.1, -0.05) is 18.2 Å². The molecule has 7 heteroatoms. The Morgan fingerprint density at radius 3 is 2.42 bits per heavy atom. The summed E-state index contributed by atoms with van der Waals surface area (Å²) in [4.78, 5) is 27.2. The number of anilines is 1. The lowest BCUT2D eigenvalue weighted by atomic mass is 10.0. The quantitative estimate of drug-likeness (QED) is 0.807. The van der Waals surface area contributed by atoms with E-state index in [-0.39, 0.29) is 29.4 Å². The van der Waals surface area contributed by atoms with E-state index < -0.39 is 15.3 Å². The fraction of sp³-hybridized carbons (Fsp3) is 0.529. The number of rotatable bonds is 5. The number of nitrogens with zero attached hydrogens (tertiary/aromatic N) is 1. The van der Waals surface area contributed by atoms with Crippen LogP contribution in [0.5, 0.6) is 0 Å². The average molecular weight is 350 g/mol. The van der Waals surface area contributed by atoms with Gasteiger partial charge in [0, 0.05) is 18.3 Å². The molecule has 2 amide bonds. The summed E-state index contributed by atoms with van der Waals surface area (Å²) in [5, 5.41) is 2.78. The zero-order chi connectivity index (χ0) is 17.4. The Morgan fingerprint density at radius 1 is 1.25 bits per heavy atom. The maximum absolute atomic E-state index is 12.9. The van der Waals surface area contributed by atoms with E-state index in [1.807, 2.05) is 37.3 Å². The molecule has 1 atom stereocenters. The van der Waals surface area contributed by atoms with E-state index >= 15 is 0 Å². The van der Waals surface area contributed by atoms with Crippen LogP contribution in [-0.4, -0.2) is 44.3 Å². The van der Waals surface area contributed by atoms with Gasteiger partial charge in [0.1, 0.15) is 5.41 Å². The summed E-state index contributed by atoms with van der Waals surface area (Å²) in [5.74, 6) is -0.457. The molecule has 1 N–H and O–H groups in total. The van der Waals surface area contributed by atoms with Gasteiger partial charge in [-0.05, 0) is 38.3 Å². The van der Waals surface area contributed by atoms with Crippen LogP contribution >= 0.6 is 0 Å². The third-order valence-corrected chi connectivity index (χ3v) is 6.56. The molecule has 0 bridgehead atoms. The Bertz CT molecular complexity index is 741. The van der Waals surface area contributed by atoms with Crippen LogP contribution in [-0.2, 0) is 19.4 Å². The fourth-order valence-corrected chi connectivity index (χ4v) is 4.88. The SMILES string of the molecule is CCN(C(=O)C1(C(=O)NC2CCS(=O)(=O)C2)CC1)c1ccccc1. The number of benzene rings is 1. The minimum absolute atomic E-state index is 0.0286. The lowest BCUT2D eigenvalue weighted by Gasteiger charge is -2.26. The Morgan fingerprint density at radius 2 is 1.92 bits per heavy atom. The van der Waals surface area contributed by atoms with E-state index in [2.05, 4.69) is 5.32 Å². The molecule has 1 saturated heterocycles. The predicted octanol–water partition coefficient (Wildman–Crippen LogP) is 1.12. The van der Waals surface area contributed by atoms with Gasteiger partial charge >= 0.3 is 0 Å². The summed E-state index contributed by atoms with van der Waals surface area (Å²) in [5.41, 5.74) is -0.259. The van der Waals surface area contributed by atoms with Gasteiger partial charge in [0.05, 0.1) is 11.5 Å². The summed E-state index contributed by atoms with van der Waals surface area (Å²) in [6.07, 6.45) is 1.45. The molecule has 1 heterocycles. The minimum Gasteiger partial charge on any atom is -0.351 e. The van der Waals surface area contributed by atoms with Crippen LogP contribution in [0, 0.1) is 5.41 Å². The average Bonchev–Trinajstić information content (AvgIpc) is 3.29. The zero-order valence-electron chi connectivity index (χ0n) is 13.7. The summed E-state index contributed by atoms with van der Waals surface area (Å²) in [6, 6.07) is 8.90. The molecule has 6 nitrogen and oxygen atoms in total. The minimum atomic E-state index is -3.06. The monoisotopic (exact) mass is 350 g/mol. The molecule has 1 aromatic carbocycles. The van der Waals surface area contributed by atoms with Crippen molar-refractivity contribution in [3.05, 3.63) is 30.3 Å². The van der Waals surface area contributed by atoms with Gasteiger partial charge in [-0.25, -0.2) is 8.42 Å². The van der Waals surface area contributed by atoms with Crippen LogP contribution in [0.2, 0.25) is 0 Å². The Labute approximate surface area is 142 Å². The molecular formula is C17H22N2O4S. The van der Waals surface area contributed by atoms with Crippen molar-refractivity contribution in [1.82, 2.24) is 5.32 Å². The summed E-state index contributed by atoms with van der Waals surface area (Å²) < 4.78 is 23.1.